The number of hydrogen-bond acceptors (Lipinski definition) is 6. The van der Waals surface area contributed by atoms with E-state index in [-0.39, 0.29) is 18.3 Å². The fourth-order valence-corrected chi connectivity index (χ4v) is 6.63. The number of benzene rings is 2. The molecule has 1 saturated heterocycles. The number of alkyl halides is 5. The number of halogens is 6. The summed E-state index contributed by atoms with van der Waals surface area (Å²) in [6.07, 6.45) is -2.40. The number of pyridine rings is 2. The molecule has 1 amide bonds. The Hall–Kier alpha value is -4.50. The second kappa shape index (κ2) is 12.7. The molecule has 46 heavy (non-hydrogen) atoms. The summed E-state index contributed by atoms with van der Waals surface area (Å²) in [5, 5.41) is 5.71. The first-order valence-electron chi connectivity index (χ1n) is 13.9. The maximum atomic E-state index is 14.5. The fourth-order valence-electron chi connectivity index (χ4n) is 5.01. The fraction of sp³-hybridized carbons (Fsp3) is 0.258. The lowest BCUT2D eigenvalue weighted by molar-refractivity contribution is -0.137. The van der Waals surface area contributed by atoms with Gasteiger partial charge < -0.3 is 10.6 Å². The molecule has 0 saturated carbocycles. The van der Waals surface area contributed by atoms with Gasteiger partial charge in [0.05, 0.1) is 28.7 Å². The predicted molar refractivity (Wildman–Crippen MR) is 156 cm³/mol. The molecule has 2 atom stereocenters. The Balaban J connectivity index is 1.41. The third-order valence-corrected chi connectivity index (χ3v) is 9.25. The molecule has 0 aliphatic carbocycles. The van der Waals surface area contributed by atoms with Crippen LogP contribution in [-0.4, -0.2) is 47.1 Å². The number of rotatable bonds is 9. The smallest absolute Gasteiger partial charge is 0.364 e. The van der Waals surface area contributed by atoms with Crippen LogP contribution in [0.4, 0.5) is 32.2 Å². The molecule has 0 spiro atoms. The van der Waals surface area contributed by atoms with Crippen LogP contribution < -0.4 is 10.6 Å². The van der Waals surface area contributed by atoms with Gasteiger partial charge in [0.25, 0.3) is 5.92 Å². The number of nitrogens with one attached hydrogen (secondary N) is 2. The monoisotopic (exact) mass is 663 g/mol. The van der Waals surface area contributed by atoms with E-state index in [9.17, 15) is 39.6 Å². The molecule has 0 radical (unpaired) electrons. The molecular weight excluding hydrogens is 636 g/mol. The van der Waals surface area contributed by atoms with Crippen molar-refractivity contribution in [1.29, 1.82) is 0 Å². The maximum absolute atomic E-state index is 14.5. The highest BCUT2D eigenvalue weighted by molar-refractivity contribution is 7.89. The normalized spacial score (nSPS) is 17.4. The lowest BCUT2D eigenvalue weighted by atomic mass is 10.1. The zero-order valence-corrected chi connectivity index (χ0v) is 24.9. The van der Waals surface area contributed by atoms with Crippen LogP contribution in [0.25, 0.3) is 11.3 Å². The molecule has 3 heterocycles. The van der Waals surface area contributed by atoms with E-state index in [0.29, 0.717) is 21.2 Å². The third-order valence-electron chi connectivity index (χ3n) is 7.38. The molecule has 1 fully saturated rings. The summed E-state index contributed by atoms with van der Waals surface area (Å²) in [6.45, 7) is 0.360. The van der Waals surface area contributed by atoms with E-state index in [4.69, 9.17) is 0 Å². The van der Waals surface area contributed by atoms with Gasteiger partial charge in [-0.05, 0) is 78.7 Å². The number of sulfonamides is 1. The lowest BCUT2D eigenvalue weighted by Gasteiger charge is -2.23. The van der Waals surface area contributed by atoms with Crippen molar-refractivity contribution in [1.82, 2.24) is 19.6 Å². The first-order chi connectivity index (χ1) is 21.6. The molecule has 2 aromatic heterocycles. The Morgan fingerprint density at radius 2 is 1.67 bits per heavy atom. The zero-order chi connectivity index (χ0) is 33.3. The van der Waals surface area contributed by atoms with Crippen molar-refractivity contribution in [2.45, 2.75) is 49.0 Å². The SMILES string of the molecule is CC(Nc1cc(CNC(=O)C2CC(F)(F)CN2S(=O)(=O)c2ccc(F)cc2)cc(-c2ccc(C(F)(F)F)cc2)n1)c1ccncc1. The summed E-state index contributed by atoms with van der Waals surface area (Å²) in [5.74, 6) is -4.91. The number of anilines is 1. The summed E-state index contributed by atoms with van der Waals surface area (Å²) in [7, 11) is -4.59. The number of carbonyl (C=O) groups excluding carboxylic acids is 1. The predicted octanol–water partition coefficient (Wildman–Crippen LogP) is 6.19. The largest absolute Gasteiger partial charge is 0.416 e. The lowest BCUT2D eigenvalue weighted by Crippen LogP contribution is -2.45. The summed E-state index contributed by atoms with van der Waals surface area (Å²) in [4.78, 5) is 21.3. The van der Waals surface area contributed by atoms with Crippen LogP contribution >= 0.6 is 0 Å². The first kappa shape index (κ1) is 32.9. The topological polar surface area (TPSA) is 104 Å². The summed E-state index contributed by atoms with van der Waals surface area (Å²) < 4.78 is 109. The first-order valence-corrected chi connectivity index (χ1v) is 15.3. The van der Waals surface area contributed by atoms with Crippen LogP contribution in [0.15, 0.2) is 90.1 Å². The van der Waals surface area contributed by atoms with Crippen molar-refractivity contribution in [2.75, 3.05) is 11.9 Å². The second-order valence-corrected chi connectivity index (χ2v) is 12.7. The van der Waals surface area contributed by atoms with Crippen LogP contribution in [-0.2, 0) is 27.5 Å². The van der Waals surface area contributed by atoms with Gasteiger partial charge in [0.1, 0.15) is 17.7 Å². The van der Waals surface area contributed by atoms with Crippen LogP contribution in [0, 0.1) is 5.82 Å². The van der Waals surface area contributed by atoms with Crippen molar-refractivity contribution in [3.8, 4) is 11.3 Å². The summed E-state index contributed by atoms with van der Waals surface area (Å²) in [5.41, 5.74) is 1.01. The van der Waals surface area contributed by atoms with Crippen molar-refractivity contribution in [2.24, 2.45) is 0 Å². The number of aromatic nitrogens is 2. The highest BCUT2D eigenvalue weighted by Crippen LogP contribution is 2.36. The molecule has 2 unspecified atom stereocenters. The highest BCUT2D eigenvalue weighted by Gasteiger charge is 2.52. The molecule has 242 valence electrons. The number of amides is 1. The Morgan fingerprint density at radius 3 is 2.30 bits per heavy atom. The molecule has 1 aliphatic heterocycles. The van der Waals surface area contributed by atoms with Crippen LogP contribution in [0.5, 0.6) is 0 Å². The minimum Gasteiger partial charge on any atom is -0.364 e. The Bertz CT molecular complexity index is 1810. The summed E-state index contributed by atoms with van der Waals surface area (Å²) in [6, 6.07) is 12.5. The van der Waals surface area contributed by atoms with Gasteiger partial charge in [0.2, 0.25) is 15.9 Å². The minimum absolute atomic E-state index is 0.250. The van der Waals surface area contributed by atoms with E-state index in [1.807, 2.05) is 6.92 Å². The molecule has 15 heteroatoms. The average molecular weight is 664 g/mol. The van der Waals surface area contributed by atoms with Gasteiger partial charge in [0.15, 0.2) is 0 Å². The highest BCUT2D eigenvalue weighted by atomic mass is 32.2. The Morgan fingerprint density at radius 1 is 1.02 bits per heavy atom. The van der Waals surface area contributed by atoms with Gasteiger partial charge in [-0.1, -0.05) is 12.1 Å². The molecule has 0 bridgehead atoms. The van der Waals surface area contributed by atoms with E-state index in [1.54, 1.807) is 30.6 Å². The van der Waals surface area contributed by atoms with Gasteiger partial charge in [0, 0.05) is 30.9 Å². The van der Waals surface area contributed by atoms with Gasteiger partial charge in [-0.15, -0.1) is 0 Å². The second-order valence-electron chi connectivity index (χ2n) is 10.8. The molecule has 2 N–H and O–H groups in total. The van der Waals surface area contributed by atoms with Crippen molar-refractivity contribution in [3.05, 3.63) is 108 Å². The van der Waals surface area contributed by atoms with Crippen molar-refractivity contribution >= 4 is 21.7 Å². The van der Waals surface area contributed by atoms with E-state index < -0.39 is 63.3 Å². The van der Waals surface area contributed by atoms with Crippen LogP contribution in [0.2, 0.25) is 0 Å². The third kappa shape index (κ3) is 7.48. The van der Waals surface area contributed by atoms with Gasteiger partial charge >= 0.3 is 6.18 Å². The molecule has 4 aromatic rings. The standard InChI is InChI=1S/C31H27F6N5O3S/c1-19(21-10-12-38-13-11-21)40-28-15-20(14-26(41-28)22-2-4-23(5-3-22)31(35,36)37)17-39-29(43)27-16-30(33,34)18-42(27)46(44,45)25-8-6-24(32)7-9-25/h2-15,19,27H,16-18H2,1H3,(H,39,43)(H,40,41). The van der Waals surface area contributed by atoms with E-state index >= 15 is 0 Å². The van der Waals surface area contributed by atoms with Crippen molar-refractivity contribution < 1.29 is 39.6 Å². The van der Waals surface area contributed by atoms with E-state index in [1.165, 1.54) is 18.2 Å². The Labute approximate surface area is 260 Å². The van der Waals surface area contributed by atoms with Crippen molar-refractivity contribution in [3.63, 3.8) is 0 Å². The van der Waals surface area contributed by atoms with Crippen LogP contribution in [0.3, 0.4) is 0 Å². The van der Waals surface area contributed by atoms with E-state index in [0.717, 1.165) is 42.0 Å². The quantitative estimate of drug-likeness (QED) is 0.207. The van der Waals surface area contributed by atoms with Gasteiger partial charge in [-0.2, -0.15) is 17.5 Å². The molecule has 2 aromatic carbocycles. The Kier molecular flexibility index (Phi) is 9.09. The maximum Gasteiger partial charge on any atom is 0.416 e. The molecule has 5 rings (SSSR count). The average Bonchev–Trinajstić information content (AvgIpc) is 3.36. The number of carbonyl (C=O) groups is 1. The number of hydrogen-bond donors (Lipinski definition) is 2. The van der Waals surface area contributed by atoms with E-state index in [2.05, 4.69) is 20.6 Å². The summed E-state index contributed by atoms with van der Waals surface area (Å²) >= 11 is 0. The van der Waals surface area contributed by atoms with Crippen LogP contribution in [0.1, 0.15) is 36.1 Å². The van der Waals surface area contributed by atoms with Gasteiger partial charge in [-0.3, -0.25) is 9.78 Å². The molecular formula is C31H27F6N5O3S. The van der Waals surface area contributed by atoms with Gasteiger partial charge in [-0.25, -0.2) is 26.6 Å². The molecule has 1 aliphatic rings. The zero-order valence-electron chi connectivity index (χ0n) is 24.1. The minimum atomic E-state index is -4.59. The number of nitrogens with zero attached hydrogens (tertiary/aromatic N) is 3. The molecule has 8 nitrogen and oxygen atoms in total.